The van der Waals surface area contributed by atoms with E-state index in [0.29, 0.717) is 12.8 Å². The summed E-state index contributed by atoms with van der Waals surface area (Å²) in [5, 5.41) is 39.3. The number of ether oxygens (including phenoxy) is 3. The zero-order valence-corrected chi connectivity index (χ0v) is 15.9. The van der Waals surface area contributed by atoms with E-state index >= 15 is 0 Å². The van der Waals surface area contributed by atoms with Gasteiger partial charge in [-0.05, 0) is 37.5 Å². The summed E-state index contributed by atoms with van der Waals surface area (Å²) in [6.07, 6.45) is 0.775. The van der Waals surface area contributed by atoms with Gasteiger partial charge in [-0.1, -0.05) is 19.1 Å². The summed E-state index contributed by atoms with van der Waals surface area (Å²) in [7, 11) is 1.37. The molecule has 0 aromatic carbocycles. The van der Waals surface area contributed by atoms with Gasteiger partial charge in [0.05, 0.1) is 19.8 Å². The average molecular weight is 388 g/mol. The van der Waals surface area contributed by atoms with Crippen molar-refractivity contribution in [2.24, 2.45) is 11.8 Å². The molecule has 8 atom stereocenters. The third kappa shape index (κ3) is 5.49. The Morgan fingerprint density at radius 3 is 2.52 bits per heavy atom. The fraction of sp³-hybridized carbons (Fsp3) is 0.842. The molecule has 0 aromatic rings. The van der Waals surface area contributed by atoms with Crippen molar-refractivity contribution < 1.29 is 39.4 Å². The molecule has 1 saturated carbocycles. The summed E-state index contributed by atoms with van der Waals surface area (Å²) >= 11 is 0. The van der Waals surface area contributed by atoms with Crippen LogP contribution in [-0.2, 0) is 19.0 Å². The maximum absolute atomic E-state index is 11.7. The van der Waals surface area contributed by atoms with Crippen LogP contribution in [0.25, 0.3) is 0 Å². The van der Waals surface area contributed by atoms with Crippen molar-refractivity contribution in [1.82, 2.24) is 0 Å². The SMILES string of the molecule is CC/C=C\CC1C(O[C@@H]2O[C@H](CO)[C@@H](O)[C@H](O)[C@H]2O)CC[C@@H]1CC(=O)OC. The highest BCUT2D eigenvalue weighted by Gasteiger charge is 2.47. The summed E-state index contributed by atoms with van der Waals surface area (Å²) in [4.78, 5) is 11.7. The predicted molar refractivity (Wildman–Crippen MR) is 95.5 cm³/mol. The van der Waals surface area contributed by atoms with Gasteiger partial charge in [-0.25, -0.2) is 0 Å². The topological polar surface area (TPSA) is 126 Å². The number of aliphatic hydroxyl groups is 4. The maximum Gasteiger partial charge on any atom is 0.305 e. The van der Waals surface area contributed by atoms with Crippen LogP contribution in [0.15, 0.2) is 12.2 Å². The lowest BCUT2D eigenvalue weighted by atomic mass is 9.88. The monoisotopic (exact) mass is 388 g/mol. The average Bonchev–Trinajstić information content (AvgIpc) is 3.03. The Labute approximate surface area is 159 Å². The van der Waals surface area contributed by atoms with E-state index in [1.165, 1.54) is 7.11 Å². The lowest BCUT2D eigenvalue weighted by Crippen LogP contribution is -2.59. The second-order valence-corrected chi connectivity index (χ2v) is 7.27. The lowest BCUT2D eigenvalue weighted by Gasteiger charge is -2.41. The molecule has 0 spiro atoms. The van der Waals surface area contributed by atoms with Gasteiger partial charge >= 0.3 is 5.97 Å². The number of carbonyl (C=O) groups excluding carboxylic acids is 1. The molecule has 1 aliphatic heterocycles. The van der Waals surface area contributed by atoms with Gasteiger partial charge in [-0.3, -0.25) is 4.79 Å². The summed E-state index contributed by atoms with van der Waals surface area (Å²) in [6, 6.07) is 0. The molecular weight excluding hydrogens is 356 g/mol. The molecule has 2 aliphatic rings. The van der Waals surface area contributed by atoms with Gasteiger partial charge < -0.3 is 34.6 Å². The molecule has 1 aliphatic carbocycles. The summed E-state index contributed by atoms with van der Waals surface area (Å²) in [5.74, 6) is -0.133. The van der Waals surface area contributed by atoms with Crippen LogP contribution in [-0.4, -0.2) is 76.9 Å². The summed E-state index contributed by atoms with van der Waals surface area (Å²) in [5.41, 5.74) is 0. The molecule has 2 rings (SSSR count). The van der Waals surface area contributed by atoms with E-state index in [0.717, 1.165) is 19.3 Å². The standard InChI is InChI=1S/C19H32O8/c1-3-4-5-6-12-11(9-15(21)25-2)7-8-13(12)26-19-18(24)17(23)16(22)14(10-20)27-19/h4-5,11-14,16-20,22-24H,3,6-10H2,1-2H3/b5-4-/t11-,12?,13?,14-,16-,17+,18-,19-/m1/s1. The highest BCUT2D eigenvalue weighted by molar-refractivity contribution is 5.69. The molecule has 2 unspecified atom stereocenters. The molecule has 0 aromatic heterocycles. The van der Waals surface area contributed by atoms with Crippen LogP contribution in [0.3, 0.4) is 0 Å². The number of hydrogen-bond donors (Lipinski definition) is 4. The Bertz CT molecular complexity index is 494. The zero-order valence-electron chi connectivity index (χ0n) is 15.9. The van der Waals surface area contributed by atoms with Crippen molar-refractivity contribution in [1.29, 1.82) is 0 Å². The van der Waals surface area contributed by atoms with Crippen LogP contribution in [0, 0.1) is 11.8 Å². The first-order valence-electron chi connectivity index (χ1n) is 9.60. The second kappa shape index (κ2) is 10.5. The zero-order chi connectivity index (χ0) is 20.0. The van der Waals surface area contributed by atoms with Gasteiger partial charge in [-0.2, -0.15) is 0 Å². The molecular formula is C19H32O8. The van der Waals surface area contributed by atoms with Crippen molar-refractivity contribution in [3.8, 4) is 0 Å². The van der Waals surface area contributed by atoms with Crippen molar-refractivity contribution in [3.63, 3.8) is 0 Å². The number of methoxy groups -OCH3 is 1. The Hall–Kier alpha value is -1.03. The third-order valence-electron chi connectivity index (χ3n) is 5.53. The van der Waals surface area contributed by atoms with Gasteiger partial charge in [0, 0.05) is 6.42 Å². The van der Waals surface area contributed by atoms with Gasteiger partial charge in [0.25, 0.3) is 0 Å². The number of hydrogen-bond acceptors (Lipinski definition) is 8. The predicted octanol–water partition coefficient (Wildman–Crippen LogP) is 0.117. The molecule has 1 saturated heterocycles. The molecule has 27 heavy (non-hydrogen) atoms. The molecule has 0 amide bonds. The van der Waals surface area contributed by atoms with Gasteiger partial charge in [-0.15, -0.1) is 0 Å². The second-order valence-electron chi connectivity index (χ2n) is 7.27. The van der Waals surface area contributed by atoms with Gasteiger partial charge in [0.2, 0.25) is 0 Å². The third-order valence-corrected chi connectivity index (χ3v) is 5.53. The van der Waals surface area contributed by atoms with Crippen LogP contribution in [0.5, 0.6) is 0 Å². The quantitative estimate of drug-likeness (QED) is 0.341. The first-order valence-corrected chi connectivity index (χ1v) is 9.60. The Kier molecular flexibility index (Phi) is 8.65. The largest absolute Gasteiger partial charge is 0.469 e. The van der Waals surface area contributed by atoms with Crippen molar-refractivity contribution in [2.75, 3.05) is 13.7 Å². The highest BCUT2D eigenvalue weighted by Crippen LogP contribution is 2.40. The van der Waals surface area contributed by atoms with Crippen LogP contribution < -0.4 is 0 Å². The fourth-order valence-electron chi connectivity index (χ4n) is 3.95. The summed E-state index contributed by atoms with van der Waals surface area (Å²) < 4.78 is 16.2. The van der Waals surface area contributed by atoms with E-state index in [1.54, 1.807) is 0 Å². The smallest absolute Gasteiger partial charge is 0.305 e. The molecule has 1 heterocycles. The first kappa shape index (κ1) is 22.3. The van der Waals surface area contributed by atoms with E-state index in [2.05, 4.69) is 12.2 Å². The fourth-order valence-corrected chi connectivity index (χ4v) is 3.95. The molecule has 8 heteroatoms. The number of allylic oxidation sites excluding steroid dienone is 2. The Morgan fingerprint density at radius 1 is 1.15 bits per heavy atom. The van der Waals surface area contributed by atoms with Crippen LogP contribution >= 0.6 is 0 Å². The minimum atomic E-state index is -1.47. The number of rotatable bonds is 8. The summed E-state index contributed by atoms with van der Waals surface area (Å²) in [6.45, 7) is 1.54. The molecule has 8 nitrogen and oxygen atoms in total. The molecule has 0 radical (unpaired) electrons. The minimum absolute atomic E-state index is 0.0410. The minimum Gasteiger partial charge on any atom is -0.469 e. The van der Waals surface area contributed by atoms with Crippen molar-refractivity contribution >= 4 is 5.97 Å². The first-order chi connectivity index (χ1) is 12.9. The van der Waals surface area contributed by atoms with Crippen molar-refractivity contribution in [2.45, 2.75) is 75.8 Å². The van der Waals surface area contributed by atoms with Crippen LogP contribution in [0.4, 0.5) is 0 Å². The van der Waals surface area contributed by atoms with Crippen molar-refractivity contribution in [3.05, 3.63) is 12.2 Å². The van der Waals surface area contributed by atoms with E-state index in [4.69, 9.17) is 14.2 Å². The Balaban J connectivity index is 2.07. The number of aliphatic hydroxyl groups excluding tert-OH is 4. The van der Waals surface area contributed by atoms with E-state index in [1.807, 2.05) is 6.92 Å². The van der Waals surface area contributed by atoms with Gasteiger partial charge in [0.15, 0.2) is 6.29 Å². The van der Waals surface area contributed by atoms with E-state index in [9.17, 15) is 25.2 Å². The van der Waals surface area contributed by atoms with Crippen LogP contribution in [0.2, 0.25) is 0 Å². The molecule has 0 bridgehead atoms. The molecule has 156 valence electrons. The van der Waals surface area contributed by atoms with Crippen LogP contribution in [0.1, 0.15) is 39.0 Å². The highest BCUT2D eigenvalue weighted by atomic mass is 16.7. The van der Waals surface area contributed by atoms with Gasteiger partial charge in [0.1, 0.15) is 24.4 Å². The maximum atomic E-state index is 11.7. The normalized spacial score (nSPS) is 39.8. The van der Waals surface area contributed by atoms with E-state index in [-0.39, 0.29) is 23.9 Å². The lowest BCUT2D eigenvalue weighted by molar-refractivity contribution is -0.313. The number of esters is 1. The molecule has 2 fully saturated rings. The van der Waals surface area contributed by atoms with E-state index < -0.39 is 37.3 Å². The molecule has 4 N–H and O–H groups in total. The Morgan fingerprint density at radius 2 is 1.89 bits per heavy atom. The number of carbonyl (C=O) groups is 1.